The first-order valence-electron chi connectivity index (χ1n) is 4.94. The first-order chi connectivity index (χ1) is 5.61. The van der Waals surface area contributed by atoms with Crippen molar-refractivity contribution in [3.63, 3.8) is 0 Å². The first kappa shape index (κ1) is 10.0. The van der Waals surface area contributed by atoms with E-state index >= 15 is 0 Å². The largest absolute Gasteiger partial charge is 0.377 e. The summed E-state index contributed by atoms with van der Waals surface area (Å²) in [7, 11) is 2.20. The van der Waals surface area contributed by atoms with E-state index in [9.17, 15) is 0 Å². The van der Waals surface area contributed by atoms with Crippen LogP contribution in [0.1, 0.15) is 33.6 Å². The van der Waals surface area contributed by atoms with Crippen molar-refractivity contribution >= 4 is 0 Å². The zero-order valence-electron chi connectivity index (χ0n) is 8.71. The summed E-state index contributed by atoms with van der Waals surface area (Å²) >= 11 is 0. The molecule has 0 aliphatic carbocycles. The lowest BCUT2D eigenvalue weighted by Crippen LogP contribution is -2.34. The van der Waals surface area contributed by atoms with Gasteiger partial charge in [-0.3, -0.25) is 4.90 Å². The van der Waals surface area contributed by atoms with Crippen molar-refractivity contribution < 1.29 is 4.74 Å². The van der Waals surface area contributed by atoms with Crippen LogP contribution in [0, 0.1) is 0 Å². The number of hydrogen-bond donors (Lipinski definition) is 0. The molecule has 2 nitrogen and oxygen atoms in total. The third-order valence-electron chi connectivity index (χ3n) is 2.81. The molecule has 1 unspecified atom stereocenters. The number of rotatable bonds is 3. The van der Waals surface area contributed by atoms with Gasteiger partial charge in [-0.05, 0) is 40.7 Å². The van der Waals surface area contributed by atoms with Gasteiger partial charge >= 0.3 is 0 Å². The number of nitrogens with zero attached hydrogens (tertiary/aromatic N) is 1. The van der Waals surface area contributed by atoms with Gasteiger partial charge in [-0.2, -0.15) is 0 Å². The van der Waals surface area contributed by atoms with Gasteiger partial charge < -0.3 is 4.74 Å². The minimum Gasteiger partial charge on any atom is -0.377 e. The van der Waals surface area contributed by atoms with E-state index in [1.807, 2.05) is 0 Å². The molecule has 1 rings (SSSR count). The van der Waals surface area contributed by atoms with Crippen LogP contribution in [-0.4, -0.2) is 36.7 Å². The van der Waals surface area contributed by atoms with Crippen LogP contribution in [0.4, 0.5) is 0 Å². The topological polar surface area (TPSA) is 12.5 Å². The quantitative estimate of drug-likeness (QED) is 0.643. The molecule has 0 aromatic carbocycles. The second-order valence-corrected chi connectivity index (χ2v) is 4.13. The lowest BCUT2D eigenvalue weighted by atomic mass is 10.2. The summed E-state index contributed by atoms with van der Waals surface area (Å²) in [6, 6.07) is 1.40. The van der Waals surface area contributed by atoms with Crippen molar-refractivity contribution in [1.82, 2.24) is 4.90 Å². The molecular weight excluding hydrogens is 150 g/mol. The maximum atomic E-state index is 5.60. The van der Waals surface area contributed by atoms with Gasteiger partial charge in [0.05, 0.1) is 12.7 Å². The molecule has 0 saturated carbocycles. The normalized spacial score (nSPS) is 31.8. The van der Waals surface area contributed by atoms with Crippen molar-refractivity contribution in [2.75, 3.05) is 13.7 Å². The maximum absolute atomic E-state index is 5.60. The fraction of sp³-hybridized carbons (Fsp3) is 1.00. The molecule has 1 saturated heterocycles. The molecule has 1 aliphatic rings. The minimum absolute atomic E-state index is 0.370. The monoisotopic (exact) mass is 171 g/mol. The zero-order valence-corrected chi connectivity index (χ0v) is 8.71. The Morgan fingerprint density at radius 1 is 1.42 bits per heavy atom. The van der Waals surface area contributed by atoms with Gasteiger partial charge in [-0.15, -0.1) is 0 Å². The lowest BCUT2D eigenvalue weighted by Gasteiger charge is -2.23. The van der Waals surface area contributed by atoms with Gasteiger partial charge in [0.25, 0.3) is 0 Å². The van der Waals surface area contributed by atoms with Crippen LogP contribution in [0.2, 0.25) is 0 Å². The Kier molecular flexibility index (Phi) is 3.53. The second-order valence-electron chi connectivity index (χ2n) is 4.13. The third-order valence-corrected chi connectivity index (χ3v) is 2.81. The van der Waals surface area contributed by atoms with E-state index < -0.39 is 0 Å². The van der Waals surface area contributed by atoms with Gasteiger partial charge in [0.15, 0.2) is 0 Å². The molecule has 2 atom stereocenters. The molecule has 72 valence electrons. The van der Waals surface area contributed by atoms with Gasteiger partial charge in [0.2, 0.25) is 0 Å². The predicted octanol–water partition coefficient (Wildman–Crippen LogP) is 1.89. The Morgan fingerprint density at radius 2 is 2.08 bits per heavy atom. The molecule has 0 radical (unpaired) electrons. The summed E-state index contributed by atoms with van der Waals surface area (Å²) in [4.78, 5) is 2.43. The summed E-state index contributed by atoms with van der Waals surface area (Å²) in [5, 5.41) is 0. The van der Waals surface area contributed by atoms with Crippen molar-refractivity contribution in [3.05, 3.63) is 0 Å². The van der Waals surface area contributed by atoms with Gasteiger partial charge in [0, 0.05) is 12.1 Å². The molecule has 0 bridgehead atoms. The van der Waals surface area contributed by atoms with Crippen LogP contribution < -0.4 is 0 Å². The van der Waals surface area contributed by atoms with Crippen molar-refractivity contribution in [1.29, 1.82) is 0 Å². The molecule has 2 heteroatoms. The molecule has 0 amide bonds. The molecule has 0 aromatic rings. The van der Waals surface area contributed by atoms with Crippen LogP contribution in [0.15, 0.2) is 0 Å². The molecule has 1 heterocycles. The third kappa shape index (κ3) is 2.46. The molecule has 1 fully saturated rings. The molecule has 1 aliphatic heterocycles. The van der Waals surface area contributed by atoms with Crippen LogP contribution >= 0.6 is 0 Å². The Morgan fingerprint density at radius 3 is 2.50 bits per heavy atom. The van der Waals surface area contributed by atoms with E-state index in [0.29, 0.717) is 12.1 Å². The summed E-state index contributed by atoms with van der Waals surface area (Å²) in [5.74, 6) is 0. The average molecular weight is 171 g/mol. The summed E-state index contributed by atoms with van der Waals surface area (Å²) in [6.45, 7) is 7.38. The average Bonchev–Trinajstić information content (AvgIpc) is 2.30. The smallest absolute Gasteiger partial charge is 0.0625 e. The lowest BCUT2D eigenvalue weighted by molar-refractivity contribution is 0.0383. The molecule has 12 heavy (non-hydrogen) atoms. The van der Waals surface area contributed by atoms with E-state index in [0.717, 1.165) is 12.6 Å². The van der Waals surface area contributed by atoms with Gasteiger partial charge in [0.1, 0.15) is 0 Å². The number of likely N-dealkylation sites (tertiary alicyclic amines) is 1. The standard InChI is InChI=1S/C10H21NO/c1-8(2)12-7-10-6-5-9(3)11(10)4/h8-10H,5-7H2,1-4H3/t9?,10-/m0/s1. The Hall–Kier alpha value is -0.0800. The first-order valence-corrected chi connectivity index (χ1v) is 4.94. The highest BCUT2D eigenvalue weighted by atomic mass is 16.5. The number of likely N-dealkylation sites (N-methyl/N-ethyl adjacent to an activating group) is 1. The van der Waals surface area contributed by atoms with E-state index in [2.05, 4.69) is 32.7 Å². The minimum atomic E-state index is 0.370. The molecule has 0 aromatic heterocycles. The van der Waals surface area contributed by atoms with Crippen LogP contribution in [0.5, 0.6) is 0 Å². The fourth-order valence-corrected chi connectivity index (χ4v) is 1.71. The van der Waals surface area contributed by atoms with Crippen molar-refractivity contribution in [3.8, 4) is 0 Å². The van der Waals surface area contributed by atoms with Crippen molar-refractivity contribution in [2.24, 2.45) is 0 Å². The van der Waals surface area contributed by atoms with Crippen LogP contribution in [0.25, 0.3) is 0 Å². The highest BCUT2D eigenvalue weighted by molar-refractivity contribution is 4.82. The van der Waals surface area contributed by atoms with Gasteiger partial charge in [-0.1, -0.05) is 0 Å². The SMILES string of the molecule is CC(C)OC[C@@H]1CCC(C)N1C. The summed E-state index contributed by atoms with van der Waals surface area (Å²) in [6.07, 6.45) is 2.99. The Bertz CT molecular complexity index is 136. The maximum Gasteiger partial charge on any atom is 0.0625 e. The van der Waals surface area contributed by atoms with E-state index in [1.54, 1.807) is 0 Å². The second kappa shape index (κ2) is 4.24. The van der Waals surface area contributed by atoms with Gasteiger partial charge in [-0.25, -0.2) is 0 Å². The highest BCUT2D eigenvalue weighted by Crippen LogP contribution is 2.21. The van der Waals surface area contributed by atoms with E-state index in [1.165, 1.54) is 12.8 Å². The predicted molar refractivity (Wildman–Crippen MR) is 51.3 cm³/mol. The Labute approximate surface area is 75.9 Å². The van der Waals surface area contributed by atoms with Crippen LogP contribution in [-0.2, 0) is 4.74 Å². The fourth-order valence-electron chi connectivity index (χ4n) is 1.71. The van der Waals surface area contributed by atoms with Crippen molar-refractivity contribution in [2.45, 2.75) is 51.8 Å². The zero-order chi connectivity index (χ0) is 9.14. The molecule has 0 N–H and O–H groups in total. The molecular formula is C10H21NO. The number of hydrogen-bond acceptors (Lipinski definition) is 2. The van der Waals surface area contributed by atoms with Crippen LogP contribution in [0.3, 0.4) is 0 Å². The molecule has 0 spiro atoms. The van der Waals surface area contributed by atoms with E-state index in [4.69, 9.17) is 4.74 Å². The highest BCUT2D eigenvalue weighted by Gasteiger charge is 2.27. The van der Waals surface area contributed by atoms with E-state index in [-0.39, 0.29) is 0 Å². The summed E-state index contributed by atoms with van der Waals surface area (Å²) < 4.78 is 5.60. The summed E-state index contributed by atoms with van der Waals surface area (Å²) in [5.41, 5.74) is 0. The number of ether oxygens (including phenoxy) is 1. The Balaban J connectivity index is 2.24.